The van der Waals surface area contributed by atoms with Gasteiger partial charge in [0, 0.05) is 6.04 Å². The average molecular weight is 180 g/mol. The maximum Gasteiger partial charge on any atom is 0.251 e. The largest absolute Gasteiger partial charge is 0.320 e. The lowest BCUT2D eigenvalue weighted by Gasteiger charge is -2.23. The van der Waals surface area contributed by atoms with Gasteiger partial charge >= 0.3 is 0 Å². The van der Waals surface area contributed by atoms with Crippen LogP contribution < -0.4 is 5.32 Å². The first-order valence-electron chi connectivity index (χ1n) is 4.21. The summed E-state index contributed by atoms with van der Waals surface area (Å²) >= 11 is 0. The van der Waals surface area contributed by atoms with Crippen LogP contribution in [0.2, 0.25) is 0 Å². The van der Waals surface area contributed by atoms with Crippen molar-refractivity contribution in [3.05, 3.63) is 0 Å². The zero-order chi connectivity index (χ0) is 9.56. The fourth-order valence-electron chi connectivity index (χ4n) is 0.971. The Kier molecular flexibility index (Phi) is 6.20. The van der Waals surface area contributed by atoms with Crippen molar-refractivity contribution in [2.75, 3.05) is 27.2 Å². The maximum atomic E-state index is 11.9. The van der Waals surface area contributed by atoms with E-state index < -0.39 is 6.43 Å². The molecule has 0 amide bonds. The summed E-state index contributed by atoms with van der Waals surface area (Å²) in [6.07, 6.45) is -1.33. The van der Waals surface area contributed by atoms with Crippen LogP contribution in [0.4, 0.5) is 8.78 Å². The SMILES string of the molecule is CNCCC(C)N(C)CC(F)F. The zero-order valence-corrected chi connectivity index (χ0v) is 7.98. The molecule has 0 aromatic heterocycles. The van der Waals surface area contributed by atoms with E-state index in [1.54, 1.807) is 11.9 Å². The maximum absolute atomic E-state index is 11.9. The van der Waals surface area contributed by atoms with Crippen molar-refractivity contribution >= 4 is 0 Å². The molecular weight excluding hydrogens is 162 g/mol. The van der Waals surface area contributed by atoms with Crippen molar-refractivity contribution < 1.29 is 8.78 Å². The molecular formula is C8H18F2N2. The molecule has 0 aromatic carbocycles. The van der Waals surface area contributed by atoms with Gasteiger partial charge in [-0.1, -0.05) is 0 Å². The highest BCUT2D eigenvalue weighted by molar-refractivity contribution is 4.64. The predicted octanol–water partition coefficient (Wildman–Crippen LogP) is 1.18. The van der Waals surface area contributed by atoms with Gasteiger partial charge in [0.25, 0.3) is 6.43 Å². The van der Waals surface area contributed by atoms with E-state index >= 15 is 0 Å². The van der Waals surface area contributed by atoms with E-state index in [9.17, 15) is 8.78 Å². The third-order valence-corrected chi connectivity index (χ3v) is 1.99. The van der Waals surface area contributed by atoms with Gasteiger partial charge in [0.15, 0.2) is 0 Å². The Morgan fingerprint density at radius 3 is 2.42 bits per heavy atom. The van der Waals surface area contributed by atoms with Crippen LogP contribution in [0.15, 0.2) is 0 Å². The first-order valence-corrected chi connectivity index (χ1v) is 4.21. The summed E-state index contributed by atoms with van der Waals surface area (Å²) in [7, 11) is 3.59. The van der Waals surface area contributed by atoms with Gasteiger partial charge in [-0.3, -0.25) is 4.90 Å². The van der Waals surface area contributed by atoms with E-state index in [4.69, 9.17) is 0 Å². The lowest BCUT2D eigenvalue weighted by Crippen LogP contribution is -2.34. The molecule has 0 radical (unpaired) electrons. The predicted molar refractivity (Wildman–Crippen MR) is 46.6 cm³/mol. The summed E-state index contributed by atoms with van der Waals surface area (Å²) in [5.74, 6) is 0. The molecule has 0 aromatic rings. The highest BCUT2D eigenvalue weighted by atomic mass is 19.3. The van der Waals surface area contributed by atoms with Gasteiger partial charge in [0.2, 0.25) is 0 Å². The minimum absolute atomic E-state index is 0.134. The van der Waals surface area contributed by atoms with Gasteiger partial charge in [-0.15, -0.1) is 0 Å². The summed E-state index contributed by atoms with van der Waals surface area (Å²) in [5, 5.41) is 2.99. The molecule has 74 valence electrons. The minimum Gasteiger partial charge on any atom is -0.320 e. The van der Waals surface area contributed by atoms with Crippen molar-refractivity contribution in [1.29, 1.82) is 0 Å². The molecule has 12 heavy (non-hydrogen) atoms. The molecule has 0 aliphatic heterocycles. The topological polar surface area (TPSA) is 15.3 Å². The minimum atomic E-state index is -2.23. The van der Waals surface area contributed by atoms with Crippen LogP contribution in [0.25, 0.3) is 0 Å². The van der Waals surface area contributed by atoms with Crippen molar-refractivity contribution in [2.24, 2.45) is 0 Å². The Labute approximate surface area is 72.9 Å². The van der Waals surface area contributed by atoms with Crippen LogP contribution in [0, 0.1) is 0 Å². The van der Waals surface area contributed by atoms with E-state index in [-0.39, 0.29) is 12.6 Å². The average Bonchev–Trinajstić information content (AvgIpc) is 1.98. The Morgan fingerprint density at radius 2 is 2.00 bits per heavy atom. The molecule has 4 heteroatoms. The monoisotopic (exact) mass is 180 g/mol. The van der Waals surface area contributed by atoms with Gasteiger partial charge < -0.3 is 5.32 Å². The molecule has 0 aliphatic carbocycles. The smallest absolute Gasteiger partial charge is 0.251 e. The van der Waals surface area contributed by atoms with Crippen molar-refractivity contribution in [1.82, 2.24) is 10.2 Å². The second kappa shape index (κ2) is 6.31. The van der Waals surface area contributed by atoms with Gasteiger partial charge in [-0.2, -0.15) is 0 Å². The Morgan fingerprint density at radius 1 is 1.42 bits per heavy atom. The lowest BCUT2D eigenvalue weighted by atomic mass is 10.2. The molecule has 1 unspecified atom stereocenters. The van der Waals surface area contributed by atoms with E-state index in [2.05, 4.69) is 5.32 Å². The van der Waals surface area contributed by atoms with Gasteiger partial charge in [0.05, 0.1) is 6.54 Å². The number of hydrogen-bond acceptors (Lipinski definition) is 2. The summed E-state index contributed by atoms with van der Waals surface area (Å²) in [5.41, 5.74) is 0. The molecule has 0 spiro atoms. The highest BCUT2D eigenvalue weighted by Gasteiger charge is 2.12. The summed E-state index contributed by atoms with van der Waals surface area (Å²) in [6, 6.07) is 0.214. The number of nitrogens with zero attached hydrogens (tertiary/aromatic N) is 1. The molecule has 0 saturated heterocycles. The van der Waals surface area contributed by atoms with Crippen LogP contribution in [-0.4, -0.2) is 44.6 Å². The second-order valence-electron chi connectivity index (χ2n) is 3.07. The standard InChI is InChI=1S/C8H18F2N2/c1-7(4-5-11-2)12(3)6-8(9)10/h7-8,11H,4-6H2,1-3H3. The first-order chi connectivity index (χ1) is 5.57. The van der Waals surface area contributed by atoms with E-state index in [0.29, 0.717) is 0 Å². The normalized spacial score (nSPS) is 14.2. The quantitative estimate of drug-likeness (QED) is 0.660. The van der Waals surface area contributed by atoms with Crippen LogP contribution >= 0.6 is 0 Å². The Hall–Kier alpha value is -0.220. The third-order valence-electron chi connectivity index (χ3n) is 1.99. The second-order valence-corrected chi connectivity index (χ2v) is 3.07. The molecule has 2 nitrogen and oxygen atoms in total. The number of rotatable bonds is 6. The zero-order valence-electron chi connectivity index (χ0n) is 7.98. The van der Waals surface area contributed by atoms with Crippen molar-refractivity contribution in [3.63, 3.8) is 0 Å². The van der Waals surface area contributed by atoms with Gasteiger partial charge in [0.1, 0.15) is 0 Å². The molecule has 1 atom stereocenters. The molecule has 0 rings (SSSR count). The van der Waals surface area contributed by atoms with E-state index in [0.717, 1.165) is 13.0 Å². The third kappa shape index (κ3) is 5.43. The molecule has 0 heterocycles. The van der Waals surface area contributed by atoms with Crippen LogP contribution in [-0.2, 0) is 0 Å². The summed E-state index contributed by atoms with van der Waals surface area (Å²) in [4.78, 5) is 1.68. The van der Waals surface area contributed by atoms with Crippen molar-refractivity contribution in [2.45, 2.75) is 25.8 Å². The molecule has 0 saturated carbocycles. The molecule has 0 bridgehead atoms. The highest BCUT2D eigenvalue weighted by Crippen LogP contribution is 2.03. The lowest BCUT2D eigenvalue weighted by molar-refractivity contribution is 0.0825. The first kappa shape index (κ1) is 11.8. The Balaban J connectivity index is 3.53. The molecule has 0 fully saturated rings. The number of halogens is 2. The number of alkyl halides is 2. The molecule has 1 N–H and O–H groups in total. The summed E-state index contributed by atoms with van der Waals surface area (Å²) in [6.45, 7) is 2.69. The fourth-order valence-corrected chi connectivity index (χ4v) is 0.971. The van der Waals surface area contributed by atoms with Gasteiger partial charge in [-0.25, -0.2) is 8.78 Å². The van der Waals surface area contributed by atoms with E-state index in [1.165, 1.54) is 0 Å². The number of hydrogen-bond donors (Lipinski definition) is 1. The molecule has 0 aliphatic rings. The van der Waals surface area contributed by atoms with Crippen LogP contribution in [0.5, 0.6) is 0 Å². The van der Waals surface area contributed by atoms with Crippen LogP contribution in [0.3, 0.4) is 0 Å². The summed E-state index contributed by atoms with van der Waals surface area (Å²) < 4.78 is 23.8. The van der Waals surface area contributed by atoms with Gasteiger partial charge in [-0.05, 0) is 34.0 Å². The van der Waals surface area contributed by atoms with Crippen molar-refractivity contribution in [3.8, 4) is 0 Å². The Bertz CT molecular complexity index is 109. The van der Waals surface area contributed by atoms with Crippen LogP contribution in [0.1, 0.15) is 13.3 Å². The van der Waals surface area contributed by atoms with E-state index in [1.807, 2.05) is 14.0 Å². The fraction of sp³-hybridized carbons (Fsp3) is 1.00. The number of nitrogens with one attached hydrogen (secondary N) is 1.